The fraction of sp³-hybridized carbons (Fsp3) is 0.172. The number of nitrogens with one attached hydrogen (secondary N) is 2. The van der Waals surface area contributed by atoms with Crippen LogP contribution in [0.25, 0.3) is 0 Å². The fourth-order valence-electron chi connectivity index (χ4n) is 5.10. The summed E-state index contributed by atoms with van der Waals surface area (Å²) in [5.41, 5.74) is 1.65. The number of hydrogen-bond acceptors (Lipinski definition) is 9. The van der Waals surface area contributed by atoms with E-state index in [-0.39, 0.29) is 29.0 Å². The summed E-state index contributed by atoms with van der Waals surface area (Å²) >= 11 is 5.61. The molecule has 0 aliphatic carbocycles. The van der Waals surface area contributed by atoms with Crippen molar-refractivity contribution in [1.29, 1.82) is 0 Å². The molecule has 2 aliphatic heterocycles. The normalized spacial score (nSPS) is 19.3. The Hall–Kier alpha value is -4.07. The van der Waals surface area contributed by atoms with E-state index in [9.17, 15) is 24.3 Å². The van der Waals surface area contributed by atoms with Gasteiger partial charge in [-0.05, 0) is 66.2 Å². The molecule has 3 N–H and O–H groups in total. The van der Waals surface area contributed by atoms with Crippen molar-refractivity contribution < 1.29 is 29.0 Å². The van der Waals surface area contributed by atoms with E-state index in [4.69, 9.17) is 9.47 Å². The monoisotopic (exact) mass is 667 g/mol. The lowest BCUT2D eigenvalue weighted by atomic mass is 9.83. The first-order valence-electron chi connectivity index (χ1n) is 12.7. The van der Waals surface area contributed by atoms with Crippen molar-refractivity contribution in [3.8, 4) is 17.2 Å². The van der Waals surface area contributed by atoms with Crippen molar-refractivity contribution in [2.45, 2.75) is 16.2 Å². The SMILES string of the molecule is COc1cc(C2c3sc(=O)[nH]c3SC3C(=O)N(c4ccc(Br)cc4)C(=O)C32)ccc1OCC(=O)Nc1ccc(O)cc1. The van der Waals surface area contributed by atoms with Gasteiger partial charge < -0.3 is 24.9 Å². The minimum Gasteiger partial charge on any atom is -0.508 e. The number of amides is 3. The average Bonchev–Trinajstić information content (AvgIpc) is 3.47. The van der Waals surface area contributed by atoms with Crippen LogP contribution in [0.5, 0.6) is 17.2 Å². The molecule has 1 saturated heterocycles. The zero-order valence-electron chi connectivity index (χ0n) is 21.8. The van der Waals surface area contributed by atoms with Gasteiger partial charge in [-0.15, -0.1) is 0 Å². The highest BCUT2D eigenvalue weighted by Gasteiger charge is 2.56. The van der Waals surface area contributed by atoms with Crippen LogP contribution in [0.4, 0.5) is 11.4 Å². The van der Waals surface area contributed by atoms with E-state index in [0.717, 1.165) is 15.8 Å². The molecule has 13 heteroatoms. The molecule has 3 atom stereocenters. The van der Waals surface area contributed by atoms with E-state index >= 15 is 0 Å². The molecule has 6 rings (SSSR count). The predicted molar refractivity (Wildman–Crippen MR) is 162 cm³/mol. The molecule has 214 valence electrons. The molecule has 3 unspecified atom stereocenters. The number of anilines is 2. The van der Waals surface area contributed by atoms with Crippen molar-refractivity contribution in [3.05, 3.63) is 91.3 Å². The van der Waals surface area contributed by atoms with E-state index < -0.39 is 23.0 Å². The van der Waals surface area contributed by atoms with Crippen molar-refractivity contribution in [1.82, 2.24) is 4.98 Å². The summed E-state index contributed by atoms with van der Waals surface area (Å²) in [4.78, 5) is 56.7. The van der Waals surface area contributed by atoms with Crippen LogP contribution in [0.1, 0.15) is 16.4 Å². The number of benzene rings is 3. The smallest absolute Gasteiger partial charge is 0.305 e. The Bertz CT molecular complexity index is 1750. The number of phenolic OH excluding ortho intramolecular Hbond substituents is 1. The first kappa shape index (κ1) is 28.1. The number of imide groups is 1. The number of carbonyl (C=O) groups excluding carboxylic acids is 3. The van der Waals surface area contributed by atoms with Gasteiger partial charge in [0.25, 0.3) is 5.91 Å². The van der Waals surface area contributed by atoms with Gasteiger partial charge >= 0.3 is 4.87 Å². The Labute approximate surface area is 255 Å². The molecule has 42 heavy (non-hydrogen) atoms. The number of H-pyrrole nitrogens is 1. The molecule has 1 fully saturated rings. The first-order chi connectivity index (χ1) is 20.2. The maximum absolute atomic E-state index is 13.9. The van der Waals surface area contributed by atoms with Gasteiger partial charge in [-0.3, -0.25) is 19.2 Å². The first-order valence-corrected chi connectivity index (χ1v) is 15.1. The number of thiazole rings is 1. The zero-order chi connectivity index (χ0) is 29.5. The van der Waals surface area contributed by atoms with Crippen LogP contribution in [0.3, 0.4) is 0 Å². The number of aromatic amines is 1. The highest BCUT2D eigenvalue weighted by molar-refractivity contribution is 9.10. The second kappa shape index (κ2) is 11.3. The lowest BCUT2D eigenvalue weighted by Crippen LogP contribution is -2.32. The van der Waals surface area contributed by atoms with Crippen LogP contribution in [0, 0.1) is 5.92 Å². The van der Waals surface area contributed by atoms with Crippen LogP contribution in [-0.2, 0) is 14.4 Å². The summed E-state index contributed by atoms with van der Waals surface area (Å²) in [6, 6.07) is 18.1. The Kier molecular flexibility index (Phi) is 7.56. The minimum atomic E-state index is -0.752. The Morgan fingerprint density at radius 3 is 2.48 bits per heavy atom. The molecular weight excluding hydrogens is 646 g/mol. The number of aromatic hydroxyl groups is 1. The number of phenols is 1. The molecule has 1 aromatic heterocycles. The van der Waals surface area contributed by atoms with Crippen LogP contribution >= 0.6 is 39.0 Å². The highest BCUT2D eigenvalue weighted by atomic mass is 79.9. The van der Waals surface area contributed by atoms with Gasteiger partial charge in [0.1, 0.15) is 11.0 Å². The summed E-state index contributed by atoms with van der Waals surface area (Å²) in [5, 5.41) is 11.9. The minimum absolute atomic E-state index is 0.0840. The second-order valence-corrected chi connectivity index (χ2v) is 12.6. The summed E-state index contributed by atoms with van der Waals surface area (Å²) in [6.45, 7) is -0.305. The van der Waals surface area contributed by atoms with E-state index in [0.29, 0.717) is 38.3 Å². The number of hydrogen-bond donors (Lipinski definition) is 3. The number of thioether (sulfide) groups is 1. The average molecular weight is 669 g/mol. The molecule has 0 radical (unpaired) electrons. The summed E-state index contributed by atoms with van der Waals surface area (Å²) in [6.07, 6.45) is 0. The van der Waals surface area contributed by atoms with E-state index in [2.05, 4.69) is 26.2 Å². The van der Waals surface area contributed by atoms with E-state index in [1.807, 2.05) is 0 Å². The van der Waals surface area contributed by atoms with Crippen LogP contribution in [0.2, 0.25) is 0 Å². The predicted octanol–water partition coefficient (Wildman–Crippen LogP) is 4.73. The fourth-order valence-corrected chi connectivity index (χ4v) is 7.88. The van der Waals surface area contributed by atoms with Crippen LogP contribution in [-0.4, -0.2) is 46.8 Å². The van der Waals surface area contributed by atoms with Gasteiger partial charge in [0, 0.05) is 21.0 Å². The molecule has 4 aromatic rings. The van der Waals surface area contributed by atoms with Crippen molar-refractivity contribution in [2.75, 3.05) is 23.9 Å². The van der Waals surface area contributed by atoms with E-state index in [1.54, 1.807) is 54.6 Å². The Morgan fingerprint density at radius 2 is 1.76 bits per heavy atom. The molecule has 2 aliphatic rings. The standard InChI is InChI=1S/C29H22BrN3O7S2/c1-39-20-12-14(2-11-19(20)40-13-21(35)31-16-5-9-18(34)10-6-16)22-23-25(41-26-24(22)42-29(38)32-26)28(37)33(27(23)36)17-7-3-15(30)4-8-17/h2-12,22-23,25,34H,13H2,1H3,(H,31,35)(H,32,38). The maximum atomic E-state index is 13.9. The Balaban J connectivity index is 1.29. The maximum Gasteiger partial charge on any atom is 0.305 e. The largest absolute Gasteiger partial charge is 0.508 e. The molecule has 3 amide bonds. The van der Waals surface area contributed by atoms with Gasteiger partial charge in [-0.1, -0.05) is 45.1 Å². The van der Waals surface area contributed by atoms with Crippen LogP contribution in [0.15, 0.2) is 81.0 Å². The molecule has 10 nitrogen and oxygen atoms in total. The summed E-state index contributed by atoms with van der Waals surface area (Å²) < 4.78 is 12.1. The molecule has 3 heterocycles. The zero-order valence-corrected chi connectivity index (χ0v) is 25.0. The van der Waals surface area contributed by atoms with E-state index in [1.165, 1.54) is 35.9 Å². The number of methoxy groups -OCH3 is 1. The third kappa shape index (κ3) is 5.19. The van der Waals surface area contributed by atoms with Gasteiger partial charge in [-0.25, -0.2) is 4.90 Å². The highest BCUT2D eigenvalue weighted by Crippen LogP contribution is 2.53. The number of halogens is 1. The molecule has 0 spiro atoms. The lowest BCUT2D eigenvalue weighted by molar-refractivity contribution is -0.122. The number of carbonyl (C=O) groups is 3. The summed E-state index contributed by atoms with van der Waals surface area (Å²) in [5.74, 6) is -1.73. The molecule has 3 aromatic carbocycles. The van der Waals surface area contributed by atoms with Crippen molar-refractivity contribution >= 4 is 68.1 Å². The number of ether oxygens (including phenoxy) is 2. The number of rotatable bonds is 7. The summed E-state index contributed by atoms with van der Waals surface area (Å²) in [7, 11) is 1.46. The third-order valence-corrected chi connectivity index (χ3v) is 9.90. The Morgan fingerprint density at radius 1 is 1.02 bits per heavy atom. The van der Waals surface area contributed by atoms with Gasteiger partial charge in [0.05, 0.1) is 23.7 Å². The molecule has 0 saturated carbocycles. The second-order valence-electron chi connectivity index (χ2n) is 9.53. The molecular formula is C29H22BrN3O7S2. The van der Waals surface area contributed by atoms with Crippen molar-refractivity contribution in [3.63, 3.8) is 0 Å². The van der Waals surface area contributed by atoms with Gasteiger partial charge in [-0.2, -0.15) is 0 Å². The van der Waals surface area contributed by atoms with Gasteiger partial charge in [0.2, 0.25) is 11.8 Å². The van der Waals surface area contributed by atoms with Crippen LogP contribution < -0.4 is 24.6 Å². The third-order valence-electron chi connectivity index (χ3n) is 6.97. The molecule has 0 bridgehead atoms. The number of aromatic nitrogens is 1. The quantitative estimate of drug-likeness (QED) is 0.190. The van der Waals surface area contributed by atoms with Crippen molar-refractivity contribution in [2.24, 2.45) is 5.92 Å². The number of nitrogens with zero attached hydrogens (tertiary/aromatic N) is 1. The number of fused-ring (bicyclic) bond motifs is 2. The topological polar surface area (TPSA) is 138 Å². The lowest BCUT2D eigenvalue weighted by Gasteiger charge is -2.30. The van der Waals surface area contributed by atoms with Gasteiger partial charge in [0.15, 0.2) is 18.1 Å².